The summed E-state index contributed by atoms with van der Waals surface area (Å²) < 4.78 is 0. The third-order valence-electron chi connectivity index (χ3n) is 5.21. The summed E-state index contributed by atoms with van der Waals surface area (Å²) in [6.07, 6.45) is 3.04. The molecule has 1 saturated heterocycles. The lowest BCUT2D eigenvalue weighted by molar-refractivity contribution is -0.116. The number of aryl methyl sites for hydroxylation is 2. The van der Waals surface area contributed by atoms with Crippen LogP contribution in [0.1, 0.15) is 23.4 Å². The van der Waals surface area contributed by atoms with Crippen LogP contribution in [0.5, 0.6) is 0 Å². The number of likely N-dealkylation sites (N-methyl/N-ethyl adjacent to an activating group) is 1. The molecule has 1 fully saturated rings. The molecule has 2 aromatic rings. The fourth-order valence-corrected chi connectivity index (χ4v) is 3.97. The minimum atomic E-state index is 0.0225. The molecule has 0 aliphatic carbocycles. The first kappa shape index (κ1) is 20.6. The quantitative estimate of drug-likeness (QED) is 0.595. The summed E-state index contributed by atoms with van der Waals surface area (Å²) in [6, 6.07) is 8.07. The maximum atomic E-state index is 12.6. The van der Waals surface area contributed by atoms with Crippen LogP contribution in [-0.2, 0) is 11.2 Å². The molecule has 1 aliphatic rings. The van der Waals surface area contributed by atoms with Crippen molar-refractivity contribution < 1.29 is 4.79 Å². The van der Waals surface area contributed by atoms with Gasteiger partial charge in [0.1, 0.15) is 0 Å². The molecule has 1 aliphatic heterocycles. The van der Waals surface area contributed by atoms with Gasteiger partial charge in [0.15, 0.2) is 5.16 Å². The average molecular weight is 400 g/mol. The Morgan fingerprint density at radius 2 is 1.75 bits per heavy atom. The summed E-state index contributed by atoms with van der Waals surface area (Å²) in [5, 5.41) is 3.89. The average Bonchev–Trinajstić information content (AvgIpc) is 2.68. The van der Waals surface area contributed by atoms with Crippen LogP contribution < -0.4 is 10.2 Å². The van der Waals surface area contributed by atoms with E-state index >= 15 is 0 Å². The molecule has 1 aromatic heterocycles. The number of anilines is 2. The fourth-order valence-electron chi connectivity index (χ4n) is 3.52. The predicted molar refractivity (Wildman–Crippen MR) is 116 cm³/mol. The second-order valence-corrected chi connectivity index (χ2v) is 7.99. The molecule has 0 bridgehead atoms. The Morgan fingerprint density at radius 3 is 2.39 bits per heavy atom. The van der Waals surface area contributed by atoms with Gasteiger partial charge in [-0.05, 0) is 51.3 Å². The van der Waals surface area contributed by atoms with Crippen LogP contribution >= 0.6 is 11.8 Å². The van der Waals surface area contributed by atoms with Crippen LogP contribution in [0.4, 0.5) is 11.4 Å². The van der Waals surface area contributed by atoms with Gasteiger partial charge in [0, 0.05) is 44.0 Å². The number of hydrogen-bond donors (Lipinski definition) is 1. The van der Waals surface area contributed by atoms with E-state index in [2.05, 4.69) is 38.2 Å². The lowest BCUT2D eigenvalue weighted by Gasteiger charge is -2.35. The van der Waals surface area contributed by atoms with Crippen molar-refractivity contribution in [2.24, 2.45) is 0 Å². The second kappa shape index (κ2) is 9.39. The van der Waals surface area contributed by atoms with Crippen molar-refractivity contribution in [3.63, 3.8) is 0 Å². The van der Waals surface area contributed by atoms with Gasteiger partial charge in [-0.2, -0.15) is 0 Å². The lowest BCUT2D eigenvalue weighted by atomic mass is 10.1. The molecule has 2 heterocycles. The Balaban J connectivity index is 1.65. The molecule has 1 aromatic carbocycles. The number of carbonyl (C=O) groups excluding carboxylic acids is 1. The minimum absolute atomic E-state index is 0.0225. The zero-order valence-corrected chi connectivity index (χ0v) is 18.0. The monoisotopic (exact) mass is 399 g/mol. The van der Waals surface area contributed by atoms with E-state index in [0.717, 1.165) is 59.7 Å². The molecule has 6 nitrogen and oxygen atoms in total. The zero-order chi connectivity index (χ0) is 20.1. The maximum Gasteiger partial charge on any atom is 0.224 e. The van der Waals surface area contributed by atoms with E-state index < -0.39 is 0 Å². The van der Waals surface area contributed by atoms with Crippen molar-refractivity contribution in [3.8, 4) is 0 Å². The predicted octanol–water partition coefficient (Wildman–Crippen LogP) is 3.14. The van der Waals surface area contributed by atoms with Crippen LogP contribution in [0.3, 0.4) is 0 Å². The maximum absolute atomic E-state index is 12.6. The second-order valence-electron chi connectivity index (χ2n) is 7.22. The Morgan fingerprint density at radius 1 is 1.11 bits per heavy atom. The van der Waals surface area contributed by atoms with E-state index in [1.165, 1.54) is 11.8 Å². The number of thioether (sulfide) groups is 1. The van der Waals surface area contributed by atoms with Gasteiger partial charge in [-0.25, -0.2) is 9.97 Å². The third-order valence-corrected chi connectivity index (χ3v) is 5.75. The summed E-state index contributed by atoms with van der Waals surface area (Å²) in [5.41, 5.74) is 4.98. The molecule has 3 rings (SSSR count). The SMILES string of the molecule is CSc1nc(C)c(CCC(=O)Nc2ccccc2N2CCN(C)CC2)c(C)n1. The van der Waals surface area contributed by atoms with Crippen molar-refractivity contribution in [2.75, 3.05) is 49.7 Å². The number of amides is 1. The number of para-hydroxylation sites is 2. The highest BCUT2D eigenvalue weighted by atomic mass is 32.2. The number of aromatic nitrogens is 2. The van der Waals surface area contributed by atoms with E-state index in [0.29, 0.717) is 12.8 Å². The van der Waals surface area contributed by atoms with Crippen molar-refractivity contribution in [1.82, 2.24) is 14.9 Å². The van der Waals surface area contributed by atoms with Gasteiger partial charge in [0.05, 0.1) is 11.4 Å². The largest absolute Gasteiger partial charge is 0.367 e. The number of nitrogens with one attached hydrogen (secondary N) is 1. The molecular formula is C21H29N5OS. The topological polar surface area (TPSA) is 61.4 Å². The van der Waals surface area contributed by atoms with Gasteiger partial charge in [0.2, 0.25) is 5.91 Å². The summed E-state index contributed by atoms with van der Waals surface area (Å²) >= 11 is 1.54. The first-order valence-corrected chi connectivity index (χ1v) is 10.9. The van der Waals surface area contributed by atoms with Gasteiger partial charge in [-0.1, -0.05) is 23.9 Å². The van der Waals surface area contributed by atoms with Crippen LogP contribution in [0, 0.1) is 13.8 Å². The highest BCUT2D eigenvalue weighted by Gasteiger charge is 2.18. The lowest BCUT2D eigenvalue weighted by Crippen LogP contribution is -2.44. The number of hydrogen-bond acceptors (Lipinski definition) is 6. The van der Waals surface area contributed by atoms with Crippen molar-refractivity contribution in [2.45, 2.75) is 31.8 Å². The van der Waals surface area contributed by atoms with Crippen molar-refractivity contribution >= 4 is 29.0 Å². The van der Waals surface area contributed by atoms with Gasteiger partial charge in [-0.15, -0.1) is 0 Å². The van der Waals surface area contributed by atoms with Crippen LogP contribution in [0.2, 0.25) is 0 Å². The van der Waals surface area contributed by atoms with E-state index in [1.54, 1.807) is 0 Å². The Kier molecular flexibility index (Phi) is 6.91. The first-order valence-electron chi connectivity index (χ1n) is 9.68. The molecule has 0 radical (unpaired) electrons. The molecule has 7 heteroatoms. The van der Waals surface area contributed by atoms with E-state index in [9.17, 15) is 4.79 Å². The molecule has 0 unspecified atom stereocenters. The van der Waals surface area contributed by atoms with Crippen LogP contribution in [0.15, 0.2) is 29.4 Å². The number of rotatable bonds is 6. The summed E-state index contributed by atoms with van der Waals surface area (Å²) in [4.78, 5) is 26.3. The van der Waals surface area contributed by atoms with Crippen molar-refractivity contribution in [3.05, 3.63) is 41.2 Å². The summed E-state index contributed by atoms with van der Waals surface area (Å²) in [6.45, 7) is 8.00. The molecule has 0 saturated carbocycles. The molecule has 0 spiro atoms. The molecule has 28 heavy (non-hydrogen) atoms. The Labute approximate surface area is 171 Å². The van der Waals surface area contributed by atoms with E-state index in [4.69, 9.17) is 0 Å². The normalized spacial score (nSPS) is 14.9. The highest BCUT2D eigenvalue weighted by molar-refractivity contribution is 7.98. The molecule has 1 N–H and O–H groups in total. The minimum Gasteiger partial charge on any atom is -0.367 e. The van der Waals surface area contributed by atoms with E-state index in [1.807, 2.05) is 38.3 Å². The van der Waals surface area contributed by atoms with Crippen LogP contribution in [0.25, 0.3) is 0 Å². The molecule has 1 amide bonds. The van der Waals surface area contributed by atoms with E-state index in [-0.39, 0.29) is 5.91 Å². The number of nitrogens with zero attached hydrogens (tertiary/aromatic N) is 4. The third kappa shape index (κ3) is 5.02. The molecular weight excluding hydrogens is 370 g/mol. The smallest absolute Gasteiger partial charge is 0.224 e. The zero-order valence-electron chi connectivity index (χ0n) is 17.2. The Bertz CT molecular complexity index is 810. The first-order chi connectivity index (χ1) is 13.5. The molecule has 150 valence electrons. The van der Waals surface area contributed by atoms with Gasteiger partial charge < -0.3 is 15.1 Å². The van der Waals surface area contributed by atoms with Gasteiger partial charge in [0.25, 0.3) is 0 Å². The fraction of sp³-hybridized carbons (Fsp3) is 0.476. The van der Waals surface area contributed by atoms with Gasteiger partial charge >= 0.3 is 0 Å². The van der Waals surface area contributed by atoms with Gasteiger partial charge in [-0.3, -0.25) is 4.79 Å². The molecule has 0 atom stereocenters. The standard InChI is InChI=1S/C21H29N5OS/c1-15-17(16(2)23-21(22-15)28-4)9-10-20(27)24-18-7-5-6-8-19(18)26-13-11-25(3)12-14-26/h5-8H,9-14H2,1-4H3,(H,24,27). The number of carbonyl (C=O) groups is 1. The van der Waals surface area contributed by atoms with Crippen molar-refractivity contribution in [1.29, 1.82) is 0 Å². The summed E-state index contributed by atoms with van der Waals surface area (Å²) in [5.74, 6) is 0.0225. The van der Waals surface area contributed by atoms with Crippen LogP contribution in [-0.4, -0.2) is 60.3 Å². The number of piperazine rings is 1. The Hall–Kier alpha value is -2.12. The highest BCUT2D eigenvalue weighted by Crippen LogP contribution is 2.27. The summed E-state index contributed by atoms with van der Waals surface area (Å²) in [7, 11) is 2.14. The number of benzene rings is 1.